The Morgan fingerprint density at radius 3 is 2.61 bits per heavy atom. The second-order valence-electron chi connectivity index (χ2n) is 7.26. The molecule has 0 saturated carbocycles. The van der Waals surface area contributed by atoms with Crippen molar-refractivity contribution in [3.05, 3.63) is 75.1 Å². The van der Waals surface area contributed by atoms with E-state index < -0.39 is 5.63 Å². The average Bonchev–Trinajstić information content (AvgIpc) is 2.75. The molecule has 164 valence electrons. The van der Waals surface area contributed by atoms with Gasteiger partial charge in [-0.05, 0) is 49.3 Å². The molecule has 0 bridgehead atoms. The second kappa shape index (κ2) is 10.5. The van der Waals surface area contributed by atoms with Crippen LogP contribution in [0.2, 0.25) is 5.02 Å². The molecule has 3 rings (SSSR count). The summed E-state index contributed by atoms with van der Waals surface area (Å²) in [5, 5.41) is 4.46. The number of amides is 1. The highest BCUT2D eigenvalue weighted by Gasteiger charge is 2.21. The van der Waals surface area contributed by atoms with Gasteiger partial charge in [0.2, 0.25) is 0 Å². The number of ether oxygens (including phenoxy) is 1. The molecule has 31 heavy (non-hydrogen) atoms. The maximum Gasteiger partial charge on any atom is 0.336 e. The molecule has 1 N–H and O–H groups in total. The number of carbonyl (C=O) groups excluding carboxylic acids is 1. The number of halogens is 1. The van der Waals surface area contributed by atoms with E-state index in [0.29, 0.717) is 22.9 Å². The van der Waals surface area contributed by atoms with Crippen molar-refractivity contribution >= 4 is 28.5 Å². The maximum absolute atomic E-state index is 12.4. The van der Waals surface area contributed by atoms with Crippen LogP contribution in [-0.2, 0) is 4.79 Å². The van der Waals surface area contributed by atoms with E-state index in [1.54, 1.807) is 12.1 Å². The number of nitrogens with zero attached hydrogens (tertiary/aromatic N) is 1. The topological polar surface area (TPSA) is 71.8 Å². The van der Waals surface area contributed by atoms with Gasteiger partial charge in [-0.1, -0.05) is 43.6 Å². The summed E-state index contributed by atoms with van der Waals surface area (Å²) in [6.07, 6.45) is 0. The molecule has 0 spiro atoms. The Kier molecular flexibility index (Phi) is 7.71. The SMILES string of the molecule is CCN(CC)[C@H](CNC(=O)COc1ccc2c(C)cc(=O)oc2c1)c1ccccc1Cl. The minimum atomic E-state index is -0.415. The zero-order valence-electron chi connectivity index (χ0n) is 18.0. The van der Waals surface area contributed by atoms with Gasteiger partial charge in [0.05, 0.1) is 6.04 Å². The van der Waals surface area contributed by atoms with Crippen LogP contribution in [0, 0.1) is 6.92 Å². The highest BCUT2D eigenvalue weighted by atomic mass is 35.5. The fourth-order valence-corrected chi connectivity index (χ4v) is 3.91. The highest BCUT2D eigenvalue weighted by Crippen LogP contribution is 2.27. The van der Waals surface area contributed by atoms with Gasteiger partial charge in [0.1, 0.15) is 11.3 Å². The van der Waals surface area contributed by atoms with Crippen molar-refractivity contribution < 1.29 is 13.9 Å². The van der Waals surface area contributed by atoms with Gasteiger partial charge in [0, 0.05) is 29.1 Å². The van der Waals surface area contributed by atoms with E-state index in [1.165, 1.54) is 6.07 Å². The average molecular weight is 443 g/mol. The van der Waals surface area contributed by atoms with E-state index in [0.717, 1.165) is 29.6 Å². The third kappa shape index (κ3) is 5.66. The molecule has 0 aliphatic heterocycles. The number of hydrogen-bond acceptors (Lipinski definition) is 5. The van der Waals surface area contributed by atoms with Gasteiger partial charge in [0.25, 0.3) is 5.91 Å². The van der Waals surface area contributed by atoms with E-state index in [1.807, 2.05) is 37.3 Å². The maximum atomic E-state index is 12.4. The standard InChI is InChI=1S/C24H27ClN2O4/c1-4-27(5-2)21(19-8-6-7-9-20(19)25)14-26-23(28)15-30-17-10-11-18-16(3)12-24(29)31-22(18)13-17/h6-13,21H,4-5,14-15H2,1-3H3,(H,26,28)/t21-/m1/s1. The first kappa shape index (κ1) is 22.8. The molecule has 0 fully saturated rings. The van der Waals surface area contributed by atoms with Gasteiger partial charge in [0.15, 0.2) is 6.61 Å². The van der Waals surface area contributed by atoms with E-state index in [-0.39, 0.29) is 18.6 Å². The summed E-state index contributed by atoms with van der Waals surface area (Å²) in [6, 6.07) is 14.3. The molecule has 1 aromatic heterocycles. The van der Waals surface area contributed by atoms with Crippen LogP contribution in [0.1, 0.15) is 31.0 Å². The predicted molar refractivity (Wildman–Crippen MR) is 123 cm³/mol. The Labute approximate surface area is 186 Å². The van der Waals surface area contributed by atoms with Crippen molar-refractivity contribution in [1.29, 1.82) is 0 Å². The molecule has 3 aromatic rings. The summed E-state index contributed by atoms with van der Waals surface area (Å²) in [6.45, 7) is 7.95. The number of nitrogens with one attached hydrogen (secondary N) is 1. The molecule has 0 radical (unpaired) electrons. The number of benzene rings is 2. The summed E-state index contributed by atoms with van der Waals surface area (Å²) in [4.78, 5) is 26.3. The first-order valence-electron chi connectivity index (χ1n) is 10.3. The van der Waals surface area contributed by atoms with Gasteiger partial charge in [-0.25, -0.2) is 4.79 Å². The monoisotopic (exact) mass is 442 g/mol. The van der Waals surface area contributed by atoms with Gasteiger partial charge < -0.3 is 14.5 Å². The van der Waals surface area contributed by atoms with Crippen LogP contribution >= 0.6 is 11.6 Å². The lowest BCUT2D eigenvalue weighted by Crippen LogP contribution is -2.39. The summed E-state index contributed by atoms with van der Waals surface area (Å²) in [5.41, 5.74) is 1.83. The van der Waals surface area contributed by atoms with Gasteiger partial charge >= 0.3 is 5.63 Å². The minimum absolute atomic E-state index is 0.0365. The number of rotatable bonds is 9. The van der Waals surface area contributed by atoms with E-state index in [2.05, 4.69) is 24.1 Å². The van der Waals surface area contributed by atoms with Crippen LogP contribution in [-0.4, -0.2) is 37.0 Å². The molecule has 1 amide bonds. The molecule has 0 saturated heterocycles. The minimum Gasteiger partial charge on any atom is -0.484 e. The molecule has 6 nitrogen and oxygen atoms in total. The van der Waals surface area contributed by atoms with Crippen molar-refractivity contribution in [1.82, 2.24) is 10.2 Å². The first-order valence-corrected chi connectivity index (χ1v) is 10.7. The molecular weight excluding hydrogens is 416 g/mol. The Bertz CT molecular complexity index is 1110. The quantitative estimate of drug-likeness (QED) is 0.499. The van der Waals surface area contributed by atoms with Gasteiger partial charge in [-0.15, -0.1) is 0 Å². The lowest BCUT2D eigenvalue weighted by atomic mass is 10.0. The molecule has 1 heterocycles. The van der Waals surface area contributed by atoms with Gasteiger partial charge in [-0.2, -0.15) is 0 Å². The number of carbonyl (C=O) groups is 1. The molecule has 0 aliphatic rings. The molecule has 1 atom stereocenters. The smallest absolute Gasteiger partial charge is 0.336 e. The van der Waals surface area contributed by atoms with Crippen LogP contribution in [0.5, 0.6) is 5.75 Å². The van der Waals surface area contributed by atoms with Crippen LogP contribution in [0.25, 0.3) is 11.0 Å². The molecule has 2 aromatic carbocycles. The lowest BCUT2D eigenvalue weighted by molar-refractivity contribution is -0.123. The van der Waals surface area contributed by atoms with Crippen molar-refractivity contribution in [3.8, 4) is 5.75 Å². The zero-order valence-corrected chi connectivity index (χ0v) is 18.7. The third-order valence-corrected chi connectivity index (χ3v) is 5.65. The van der Waals surface area contributed by atoms with Crippen LogP contribution in [0.15, 0.2) is 57.7 Å². The summed E-state index contributed by atoms with van der Waals surface area (Å²) >= 11 is 6.41. The van der Waals surface area contributed by atoms with Crippen LogP contribution in [0.3, 0.4) is 0 Å². The van der Waals surface area contributed by atoms with E-state index >= 15 is 0 Å². The first-order chi connectivity index (χ1) is 14.9. The largest absolute Gasteiger partial charge is 0.484 e. The normalized spacial score (nSPS) is 12.2. The Morgan fingerprint density at radius 2 is 1.90 bits per heavy atom. The molecular formula is C24H27ClN2O4. The van der Waals surface area contributed by atoms with E-state index in [4.69, 9.17) is 20.8 Å². The predicted octanol–water partition coefficient (Wildman–Crippen LogP) is 4.33. The Balaban J connectivity index is 1.65. The summed E-state index contributed by atoms with van der Waals surface area (Å²) in [5.74, 6) is 0.220. The fraction of sp³-hybridized carbons (Fsp3) is 0.333. The Morgan fingerprint density at radius 1 is 1.16 bits per heavy atom. The molecule has 0 unspecified atom stereocenters. The van der Waals surface area contributed by atoms with Crippen molar-refractivity contribution in [2.24, 2.45) is 0 Å². The summed E-state index contributed by atoms with van der Waals surface area (Å²) < 4.78 is 10.8. The van der Waals surface area contributed by atoms with Crippen LogP contribution < -0.4 is 15.7 Å². The molecule has 7 heteroatoms. The second-order valence-corrected chi connectivity index (χ2v) is 7.66. The van der Waals surface area contributed by atoms with Crippen molar-refractivity contribution in [3.63, 3.8) is 0 Å². The third-order valence-electron chi connectivity index (χ3n) is 5.30. The van der Waals surface area contributed by atoms with Crippen molar-refractivity contribution in [2.45, 2.75) is 26.8 Å². The van der Waals surface area contributed by atoms with Crippen LogP contribution in [0.4, 0.5) is 0 Å². The number of fused-ring (bicyclic) bond motifs is 1. The van der Waals surface area contributed by atoms with Crippen molar-refractivity contribution in [2.75, 3.05) is 26.2 Å². The lowest BCUT2D eigenvalue weighted by Gasteiger charge is -2.30. The zero-order chi connectivity index (χ0) is 22.4. The Hall–Kier alpha value is -2.83. The number of hydrogen-bond donors (Lipinski definition) is 1. The number of likely N-dealkylation sites (N-methyl/N-ethyl adjacent to an activating group) is 1. The number of aryl methyl sites for hydroxylation is 1. The van der Waals surface area contributed by atoms with Gasteiger partial charge in [-0.3, -0.25) is 9.69 Å². The summed E-state index contributed by atoms with van der Waals surface area (Å²) in [7, 11) is 0. The van der Waals surface area contributed by atoms with E-state index in [9.17, 15) is 9.59 Å². The molecule has 0 aliphatic carbocycles. The fourth-order valence-electron chi connectivity index (χ4n) is 3.65. The highest BCUT2D eigenvalue weighted by molar-refractivity contribution is 6.31.